The Morgan fingerprint density at radius 3 is 2.28 bits per heavy atom. The molecule has 2 aliphatic rings. The van der Waals surface area contributed by atoms with Gasteiger partial charge in [-0.25, -0.2) is 4.79 Å². The zero-order valence-electron chi connectivity index (χ0n) is 22.4. The minimum Gasteiger partial charge on any atom is -0.444 e. The van der Waals surface area contributed by atoms with Gasteiger partial charge < -0.3 is 25.2 Å². The number of carbonyl (C=O) groups excluding carboxylic acids is 2. The summed E-state index contributed by atoms with van der Waals surface area (Å²) in [4.78, 5) is 29.1. The SMILES string of the molecule is CC(=O)N1c2ccc(N3CCC(NC(=O)OC(C)(C)C)CC3)cc2[C@H](Nc2ccccc2)[C@@H](C)[C@@H]1C. The second-order valence-electron chi connectivity index (χ2n) is 11.1. The number of nitrogens with zero attached hydrogens (tertiary/aromatic N) is 2. The summed E-state index contributed by atoms with van der Waals surface area (Å²) in [5.41, 5.74) is 3.84. The van der Waals surface area contributed by atoms with Crippen molar-refractivity contribution in [2.75, 3.05) is 28.2 Å². The molecule has 0 bridgehead atoms. The third-order valence-electron chi connectivity index (χ3n) is 7.32. The van der Waals surface area contributed by atoms with Gasteiger partial charge in [-0.1, -0.05) is 25.1 Å². The molecule has 7 heteroatoms. The molecule has 2 aliphatic heterocycles. The Bertz CT molecular complexity index is 1070. The van der Waals surface area contributed by atoms with Crippen molar-refractivity contribution in [1.82, 2.24) is 5.32 Å². The van der Waals surface area contributed by atoms with E-state index in [4.69, 9.17) is 4.74 Å². The molecule has 1 fully saturated rings. The van der Waals surface area contributed by atoms with Gasteiger partial charge in [0.1, 0.15) is 5.60 Å². The van der Waals surface area contributed by atoms with Gasteiger partial charge in [-0.3, -0.25) is 4.79 Å². The van der Waals surface area contributed by atoms with E-state index >= 15 is 0 Å². The molecule has 2 heterocycles. The van der Waals surface area contributed by atoms with Crippen LogP contribution in [0.5, 0.6) is 0 Å². The molecular weight excluding hydrogens is 452 g/mol. The Morgan fingerprint density at radius 2 is 1.67 bits per heavy atom. The number of nitrogens with one attached hydrogen (secondary N) is 2. The number of para-hydroxylation sites is 1. The molecule has 0 saturated carbocycles. The van der Waals surface area contributed by atoms with E-state index in [0.717, 1.165) is 48.6 Å². The predicted molar refractivity (Wildman–Crippen MR) is 146 cm³/mol. The lowest BCUT2D eigenvalue weighted by atomic mass is 9.82. The van der Waals surface area contributed by atoms with Crippen LogP contribution in [0.3, 0.4) is 0 Å². The van der Waals surface area contributed by atoms with Gasteiger partial charge in [0.25, 0.3) is 0 Å². The third-order valence-corrected chi connectivity index (χ3v) is 7.32. The summed E-state index contributed by atoms with van der Waals surface area (Å²) < 4.78 is 5.42. The van der Waals surface area contributed by atoms with Crippen molar-refractivity contribution in [1.29, 1.82) is 0 Å². The largest absolute Gasteiger partial charge is 0.444 e. The van der Waals surface area contributed by atoms with Gasteiger partial charge in [-0.15, -0.1) is 0 Å². The third kappa shape index (κ3) is 5.77. The number of hydrogen-bond donors (Lipinski definition) is 2. The van der Waals surface area contributed by atoms with Gasteiger partial charge in [0.2, 0.25) is 5.91 Å². The van der Waals surface area contributed by atoms with Crippen molar-refractivity contribution < 1.29 is 14.3 Å². The van der Waals surface area contributed by atoms with Crippen LogP contribution in [0.15, 0.2) is 48.5 Å². The van der Waals surface area contributed by atoms with Gasteiger partial charge in [-0.05, 0) is 70.9 Å². The Balaban J connectivity index is 1.54. The van der Waals surface area contributed by atoms with Gasteiger partial charge in [0.15, 0.2) is 0 Å². The molecular formula is C29H40N4O3. The first kappa shape index (κ1) is 25.9. The maximum Gasteiger partial charge on any atom is 0.407 e. The summed E-state index contributed by atoms with van der Waals surface area (Å²) in [5.74, 6) is 0.288. The lowest BCUT2D eigenvalue weighted by Crippen LogP contribution is -2.48. The molecule has 3 atom stereocenters. The monoisotopic (exact) mass is 492 g/mol. The zero-order chi connectivity index (χ0) is 26.0. The van der Waals surface area contributed by atoms with E-state index in [1.165, 1.54) is 0 Å². The Kier molecular flexibility index (Phi) is 7.48. The van der Waals surface area contributed by atoms with E-state index in [9.17, 15) is 9.59 Å². The van der Waals surface area contributed by atoms with E-state index in [-0.39, 0.29) is 36.0 Å². The molecule has 2 aromatic rings. The van der Waals surface area contributed by atoms with E-state index in [0.29, 0.717) is 0 Å². The van der Waals surface area contributed by atoms with Crippen molar-refractivity contribution in [2.24, 2.45) is 5.92 Å². The molecule has 194 valence electrons. The smallest absolute Gasteiger partial charge is 0.407 e. The number of carbonyl (C=O) groups is 2. The summed E-state index contributed by atoms with van der Waals surface area (Å²) >= 11 is 0. The average molecular weight is 493 g/mol. The highest BCUT2D eigenvalue weighted by Gasteiger charge is 2.38. The Morgan fingerprint density at radius 1 is 1.00 bits per heavy atom. The number of alkyl carbamates (subject to hydrolysis) is 1. The van der Waals surface area contributed by atoms with Crippen LogP contribution >= 0.6 is 0 Å². The zero-order valence-corrected chi connectivity index (χ0v) is 22.4. The van der Waals surface area contributed by atoms with Crippen LogP contribution in [-0.2, 0) is 9.53 Å². The van der Waals surface area contributed by atoms with Crippen LogP contribution in [0.4, 0.5) is 21.9 Å². The normalized spacial score (nSPS) is 22.6. The minimum atomic E-state index is -0.499. The fraction of sp³-hybridized carbons (Fsp3) is 0.517. The molecule has 2 N–H and O–H groups in total. The fourth-order valence-corrected chi connectivity index (χ4v) is 5.36. The van der Waals surface area contributed by atoms with Crippen molar-refractivity contribution >= 4 is 29.1 Å². The minimum absolute atomic E-state index is 0.0653. The highest BCUT2D eigenvalue weighted by atomic mass is 16.6. The Labute approximate surface area is 215 Å². The number of hydrogen-bond acceptors (Lipinski definition) is 5. The number of piperidine rings is 1. The van der Waals surface area contributed by atoms with Crippen LogP contribution < -0.4 is 20.4 Å². The molecule has 36 heavy (non-hydrogen) atoms. The van der Waals surface area contributed by atoms with Crippen molar-refractivity contribution in [3.8, 4) is 0 Å². The number of rotatable bonds is 4. The molecule has 2 amide bonds. The fourth-order valence-electron chi connectivity index (χ4n) is 5.36. The van der Waals surface area contributed by atoms with Crippen LogP contribution in [0, 0.1) is 5.92 Å². The molecule has 0 radical (unpaired) electrons. The number of amides is 2. The van der Waals surface area contributed by atoms with Gasteiger partial charge >= 0.3 is 6.09 Å². The highest BCUT2D eigenvalue weighted by molar-refractivity contribution is 5.94. The number of ether oxygens (including phenoxy) is 1. The summed E-state index contributed by atoms with van der Waals surface area (Å²) in [5, 5.41) is 6.75. The molecule has 2 aromatic carbocycles. The summed E-state index contributed by atoms with van der Waals surface area (Å²) in [6.45, 7) is 13.3. The van der Waals surface area contributed by atoms with Gasteiger partial charge in [0, 0.05) is 60.6 Å². The number of fused-ring (bicyclic) bond motifs is 1. The first-order valence-corrected chi connectivity index (χ1v) is 13.0. The second kappa shape index (κ2) is 10.4. The molecule has 1 saturated heterocycles. The molecule has 0 aromatic heterocycles. The van der Waals surface area contributed by atoms with Gasteiger partial charge in [0.05, 0.1) is 6.04 Å². The van der Waals surface area contributed by atoms with Crippen molar-refractivity contribution in [2.45, 2.75) is 78.1 Å². The number of benzene rings is 2. The number of anilines is 3. The standard InChI is InChI=1S/C29H40N4O3/c1-19-20(2)33(21(3)34)26-13-12-24(18-25(26)27(19)30-22-10-8-7-9-11-22)32-16-14-23(15-17-32)31-28(35)36-29(4,5)6/h7-13,18-20,23,27,30H,14-17H2,1-6H3,(H,31,35)/t19-,20-,27+/m0/s1. The van der Waals surface area contributed by atoms with Crippen LogP contribution in [0.2, 0.25) is 0 Å². The molecule has 0 spiro atoms. The summed E-state index contributed by atoms with van der Waals surface area (Å²) in [6.07, 6.45) is 1.36. The van der Waals surface area contributed by atoms with Crippen LogP contribution in [0.25, 0.3) is 0 Å². The summed E-state index contributed by atoms with van der Waals surface area (Å²) in [7, 11) is 0. The second-order valence-corrected chi connectivity index (χ2v) is 11.1. The lowest BCUT2D eigenvalue weighted by Gasteiger charge is -2.45. The first-order valence-electron chi connectivity index (χ1n) is 13.0. The van der Waals surface area contributed by atoms with E-state index in [2.05, 4.69) is 59.7 Å². The maximum atomic E-state index is 12.6. The van der Waals surface area contributed by atoms with Crippen molar-refractivity contribution in [3.05, 3.63) is 54.1 Å². The van der Waals surface area contributed by atoms with E-state index in [1.807, 2.05) is 43.9 Å². The molecule has 0 aliphatic carbocycles. The lowest BCUT2D eigenvalue weighted by molar-refractivity contribution is -0.117. The topological polar surface area (TPSA) is 73.9 Å². The van der Waals surface area contributed by atoms with Gasteiger partial charge in [-0.2, -0.15) is 0 Å². The average Bonchev–Trinajstić information content (AvgIpc) is 2.81. The highest BCUT2D eigenvalue weighted by Crippen LogP contribution is 2.44. The Hall–Kier alpha value is -3.22. The van der Waals surface area contributed by atoms with Crippen LogP contribution in [-0.4, -0.2) is 42.8 Å². The maximum absolute atomic E-state index is 12.6. The summed E-state index contributed by atoms with van der Waals surface area (Å²) in [6, 6.07) is 17.0. The first-order chi connectivity index (χ1) is 17.0. The van der Waals surface area contributed by atoms with E-state index in [1.54, 1.807) is 6.92 Å². The molecule has 7 nitrogen and oxygen atoms in total. The van der Waals surface area contributed by atoms with E-state index < -0.39 is 5.60 Å². The molecule has 4 rings (SSSR count). The molecule has 0 unspecified atom stereocenters. The predicted octanol–water partition coefficient (Wildman–Crippen LogP) is 5.72. The van der Waals surface area contributed by atoms with Crippen molar-refractivity contribution in [3.63, 3.8) is 0 Å². The van der Waals surface area contributed by atoms with Crippen LogP contribution in [0.1, 0.15) is 66.0 Å². The quantitative estimate of drug-likeness (QED) is 0.571.